The average molecular weight is 331 g/mol. The zero-order valence-corrected chi connectivity index (χ0v) is 14.1. The van der Waals surface area contributed by atoms with Gasteiger partial charge in [0.2, 0.25) is 0 Å². The summed E-state index contributed by atoms with van der Waals surface area (Å²) in [5.74, 6) is -0.0471. The number of hydrogen-bond acceptors (Lipinski definition) is 4. The van der Waals surface area contributed by atoms with Gasteiger partial charge in [-0.25, -0.2) is 0 Å². The van der Waals surface area contributed by atoms with Gasteiger partial charge in [-0.15, -0.1) is 0 Å². The van der Waals surface area contributed by atoms with Gasteiger partial charge in [-0.2, -0.15) is 0 Å². The predicted molar refractivity (Wildman–Crippen MR) is 95.2 cm³/mol. The summed E-state index contributed by atoms with van der Waals surface area (Å²) < 4.78 is 5.37. The fourth-order valence-electron chi connectivity index (χ4n) is 2.77. The molecular formula is C17H21N3O2S. The average Bonchev–Trinajstić information content (AvgIpc) is 2.84. The van der Waals surface area contributed by atoms with E-state index in [0.717, 1.165) is 38.3 Å². The van der Waals surface area contributed by atoms with Gasteiger partial charge in [0.15, 0.2) is 5.11 Å². The number of morpholine rings is 1. The molecule has 2 saturated heterocycles. The van der Waals surface area contributed by atoms with Crippen LogP contribution in [0.2, 0.25) is 0 Å². The van der Waals surface area contributed by atoms with Crippen LogP contribution in [0.15, 0.2) is 30.0 Å². The Morgan fingerprint density at radius 1 is 1.26 bits per heavy atom. The lowest BCUT2D eigenvalue weighted by molar-refractivity contribution is -0.122. The summed E-state index contributed by atoms with van der Waals surface area (Å²) in [5, 5.41) is 3.50. The molecule has 122 valence electrons. The molecule has 0 bridgehead atoms. The van der Waals surface area contributed by atoms with E-state index in [2.05, 4.69) is 22.3 Å². The third kappa shape index (κ3) is 3.54. The Bertz CT molecular complexity index is 621. The number of carbonyl (C=O) groups is 1. The Labute approximate surface area is 141 Å². The highest BCUT2D eigenvalue weighted by atomic mass is 32.1. The predicted octanol–water partition coefficient (Wildman–Crippen LogP) is 1.99. The minimum Gasteiger partial charge on any atom is -0.378 e. The minimum atomic E-state index is -0.0471. The molecule has 2 heterocycles. The maximum Gasteiger partial charge on any atom is 0.276 e. The maximum atomic E-state index is 12.3. The number of anilines is 1. The molecule has 2 aliphatic rings. The van der Waals surface area contributed by atoms with Crippen molar-refractivity contribution in [2.75, 3.05) is 37.7 Å². The van der Waals surface area contributed by atoms with Crippen molar-refractivity contribution in [2.24, 2.45) is 0 Å². The van der Waals surface area contributed by atoms with Gasteiger partial charge in [0.25, 0.3) is 5.91 Å². The topological polar surface area (TPSA) is 44.8 Å². The standard InChI is InChI=1S/C17H21N3O2S/c1-2-7-20-16(21)15(18-17(20)23)12-13-3-5-14(6-4-13)19-8-10-22-11-9-19/h3-6,12H,2,7-11H2,1H3,(H,18,23)/b15-12+. The minimum absolute atomic E-state index is 0.0471. The van der Waals surface area contributed by atoms with Crippen LogP contribution in [0.4, 0.5) is 5.69 Å². The van der Waals surface area contributed by atoms with Crippen molar-refractivity contribution < 1.29 is 9.53 Å². The van der Waals surface area contributed by atoms with Gasteiger partial charge in [0.05, 0.1) is 13.2 Å². The fourth-order valence-corrected chi connectivity index (χ4v) is 3.05. The van der Waals surface area contributed by atoms with Gasteiger partial charge in [-0.05, 0) is 42.4 Å². The number of hydrogen-bond donors (Lipinski definition) is 1. The molecule has 2 aliphatic heterocycles. The quantitative estimate of drug-likeness (QED) is 0.675. The van der Waals surface area contributed by atoms with Crippen molar-refractivity contribution in [3.05, 3.63) is 35.5 Å². The van der Waals surface area contributed by atoms with Gasteiger partial charge in [-0.3, -0.25) is 9.69 Å². The molecule has 0 spiro atoms. The number of carbonyl (C=O) groups excluding carboxylic acids is 1. The van der Waals surface area contributed by atoms with Crippen LogP contribution in [0.1, 0.15) is 18.9 Å². The largest absolute Gasteiger partial charge is 0.378 e. The summed E-state index contributed by atoms with van der Waals surface area (Å²) in [6, 6.07) is 8.22. The van der Waals surface area contributed by atoms with Gasteiger partial charge < -0.3 is 15.0 Å². The molecule has 1 aromatic rings. The summed E-state index contributed by atoms with van der Waals surface area (Å²) in [4.78, 5) is 16.2. The molecule has 2 fully saturated rings. The number of benzene rings is 1. The van der Waals surface area contributed by atoms with Crippen LogP contribution < -0.4 is 10.2 Å². The van der Waals surface area contributed by atoms with E-state index >= 15 is 0 Å². The van der Waals surface area contributed by atoms with Crippen LogP contribution in [0.3, 0.4) is 0 Å². The summed E-state index contributed by atoms with van der Waals surface area (Å²) in [7, 11) is 0. The number of rotatable bonds is 4. The number of nitrogens with zero attached hydrogens (tertiary/aromatic N) is 2. The summed E-state index contributed by atoms with van der Waals surface area (Å²) in [5.41, 5.74) is 2.71. The van der Waals surface area contributed by atoms with Crippen molar-refractivity contribution in [3.8, 4) is 0 Å². The van der Waals surface area contributed by atoms with Gasteiger partial charge in [0.1, 0.15) is 5.70 Å². The Hall–Kier alpha value is -1.92. The Kier molecular flexibility index (Phi) is 4.93. The van der Waals surface area contributed by atoms with Crippen LogP contribution in [0.25, 0.3) is 6.08 Å². The van der Waals surface area contributed by atoms with Crippen LogP contribution in [0, 0.1) is 0 Å². The zero-order valence-electron chi connectivity index (χ0n) is 13.2. The van der Waals surface area contributed by atoms with E-state index in [-0.39, 0.29) is 5.91 Å². The van der Waals surface area contributed by atoms with Crippen molar-refractivity contribution in [1.82, 2.24) is 10.2 Å². The third-order valence-electron chi connectivity index (χ3n) is 3.99. The second kappa shape index (κ2) is 7.10. The maximum absolute atomic E-state index is 12.3. The molecule has 0 saturated carbocycles. The molecule has 0 aliphatic carbocycles. The number of thiocarbonyl (C=S) groups is 1. The van der Waals surface area contributed by atoms with Crippen molar-refractivity contribution >= 4 is 35.0 Å². The molecule has 0 aromatic heterocycles. The van der Waals surface area contributed by atoms with E-state index in [9.17, 15) is 4.79 Å². The number of ether oxygens (including phenoxy) is 1. The lowest BCUT2D eigenvalue weighted by Gasteiger charge is -2.28. The smallest absolute Gasteiger partial charge is 0.276 e. The normalized spacial score (nSPS) is 20.3. The van der Waals surface area contributed by atoms with Crippen molar-refractivity contribution in [2.45, 2.75) is 13.3 Å². The second-order valence-corrected chi connectivity index (χ2v) is 6.02. The highest BCUT2D eigenvalue weighted by molar-refractivity contribution is 7.80. The Morgan fingerprint density at radius 3 is 2.61 bits per heavy atom. The first-order valence-electron chi connectivity index (χ1n) is 7.96. The van der Waals surface area contributed by atoms with Crippen LogP contribution in [-0.2, 0) is 9.53 Å². The lowest BCUT2D eigenvalue weighted by Crippen LogP contribution is -2.36. The van der Waals surface area contributed by atoms with E-state index in [1.807, 2.05) is 25.1 Å². The molecule has 0 atom stereocenters. The molecule has 1 N–H and O–H groups in total. The summed E-state index contributed by atoms with van der Waals surface area (Å²) in [6.07, 6.45) is 2.74. The van der Waals surface area contributed by atoms with E-state index in [4.69, 9.17) is 17.0 Å². The van der Waals surface area contributed by atoms with Crippen LogP contribution >= 0.6 is 12.2 Å². The zero-order chi connectivity index (χ0) is 16.2. The van der Waals surface area contributed by atoms with E-state index < -0.39 is 0 Å². The Morgan fingerprint density at radius 2 is 1.96 bits per heavy atom. The third-order valence-corrected chi connectivity index (χ3v) is 4.31. The molecule has 3 rings (SSSR count). The fraction of sp³-hybridized carbons (Fsp3) is 0.412. The van der Waals surface area contributed by atoms with E-state index in [0.29, 0.717) is 17.4 Å². The molecular weight excluding hydrogens is 310 g/mol. The summed E-state index contributed by atoms with van der Waals surface area (Å²) in [6.45, 7) is 6.06. The van der Waals surface area contributed by atoms with Crippen LogP contribution in [0.5, 0.6) is 0 Å². The SMILES string of the molecule is CCCN1C(=O)/C(=C\c2ccc(N3CCOCC3)cc2)NC1=S. The molecule has 0 unspecified atom stereocenters. The van der Waals surface area contributed by atoms with E-state index in [1.54, 1.807) is 4.90 Å². The van der Waals surface area contributed by atoms with Crippen molar-refractivity contribution in [3.63, 3.8) is 0 Å². The van der Waals surface area contributed by atoms with Crippen LogP contribution in [-0.4, -0.2) is 48.8 Å². The van der Waals surface area contributed by atoms with Gasteiger partial charge in [0, 0.05) is 25.3 Å². The highest BCUT2D eigenvalue weighted by Gasteiger charge is 2.29. The number of nitrogens with one attached hydrogen (secondary N) is 1. The molecule has 0 radical (unpaired) electrons. The summed E-state index contributed by atoms with van der Waals surface area (Å²) >= 11 is 5.22. The van der Waals surface area contributed by atoms with E-state index in [1.165, 1.54) is 5.69 Å². The molecule has 1 aromatic carbocycles. The first kappa shape index (κ1) is 16.0. The Balaban J connectivity index is 1.72. The highest BCUT2D eigenvalue weighted by Crippen LogP contribution is 2.19. The monoisotopic (exact) mass is 331 g/mol. The molecule has 5 nitrogen and oxygen atoms in total. The van der Waals surface area contributed by atoms with Crippen molar-refractivity contribution in [1.29, 1.82) is 0 Å². The van der Waals surface area contributed by atoms with Gasteiger partial charge >= 0.3 is 0 Å². The molecule has 1 amide bonds. The first-order chi connectivity index (χ1) is 11.2. The second-order valence-electron chi connectivity index (χ2n) is 5.64. The molecule has 6 heteroatoms. The van der Waals surface area contributed by atoms with Gasteiger partial charge in [-0.1, -0.05) is 19.1 Å². The number of amides is 1. The first-order valence-corrected chi connectivity index (χ1v) is 8.37. The lowest BCUT2D eigenvalue weighted by atomic mass is 10.1. The molecule has 23 heavy (non-hydrogen) atoms.